The maximum atomic E-state index is 4.16. The summed E-state index contributed by atoms with van der Waals surface area (Å²) in [5.74, 6) is 3.64. The van der Waals surface area contributed by atoms with Crippen molar-refractivity contribution < 1.29 is 0 Å². The van der Waals surface area contributed by atoms with Crippen LogP contribution in [0.5, 0.6) is 0 Å². The Balaban J connectivity index is 0.000000815. The van der Waals surface area contributed by atoms with E-state index < -0.39 is 0 Å². The van der Waals surface area contributed by atoms with Gasteiger partial charge in [-0.05, 0) is 93.8 Å². The van der Waals surface area contributed by atoms with Gasteiger partial charge in [0.2, 0.25) is 0 Å². The molecule has 4 unspecified atom stereocenters. The second-order valence-corrected chi connectivity index (χ2v) is 8.79. The van der Waals surface area contributed by atoms with Crippen molar-refractivity contribution in [3.8, 4) is 0 Å². The molecule has 2 fully saturated rings. The Morgan fingerprint density at radius 3 is 2.71 bits per heavy atom. The van der Waals surface area contributed by atoms with Crippen molar-refractivity contribution in [2.24, 2.45) is 29.1 Å². The van der Waals surface area contributed by atoms with Gasteiger partial charge in [-0.25, -0.2) is 0 Å². The van der Waals surface area contributed by atoms with Crippen LogP contribution in [0.3, 0.4) is 0 Å². The number of hydrogen-bond acceptors (Lipinski definition) is 0. The first-order valence-electron chi connectivity index (χ1n) is 10.6. The van der Waals surface area contributed by atoms with E-state index in [0.29, 0.717) is 5.41 Å². The van der Waals surface area contributed by atoms with Crippen molar-refractivity contribution in [2.45, 2.75) is 85.5 Å². The van der Waals surface area contributed by atoms with Crippen LogP contribution in [0.1, 0.15) is 85.5 Å². The van der Waals surface area contributed by atoms with Crippen LogP contribution in [-0.4, -0.2) is 0 Å². The highest BCUT2D eigenvalue weighted by Gasteiger charge is 2.53. The first kappa shape index (κ1) is 18.0. The zero-order valence-corrected chi connectivity index (χ0v) is 16.5. The zero-order chi connectivity index (χ0) is 17.3. The summed E-state index contributed by atoms with van der Waals surface area (Å²) in [4.78, 5) is 0. The Labute approximate surface area is 150 Å². The molecule has 4 aliphatic rings. The van der Waals surface area contributed by atoms with Crippen molar-refractivity contribution in [3.05, 3.63) is 35.5 Å². The Bertz CT molecular complexity index is 534. The summed E-state index contributed by atoms with van der Waals surface area (Å²) >= 11 is 0. The predicted molar refractivity (Wildman–Crippen MR) is 106 cm³/mol. The number of rotatable bonds is 1. The Kier molecular flexibility index (Phi) is 5.42. The molecule has 5 atom stereocenters. The van der Waals surface area contributed by atoms with E-state index in [0.717, 1.165) is 23.7 Å². The summed E-state index contributed by atoms with van der Waals surface area (Å²) in [6.45, 7) is 13.1. The van der Waals surface area contributed by atoms with Gasteiger partial charge in [-0.15, -0.1) is 6.58 Å². The molecular weight excluding hydrogens is 288 g/mol. The van der Waals surface area contributed by atoms with Crippen molar-refractivity contribution in [1.82, 2.24) is 0 Å². The quantitative estimate of drug-likeness (QED) is 0.438. The van der Waals surface area contributed by atoms with Crippen molar-refractivity contribution >= 4 is 0 Å². The molecule has 0 aromatic rings. The van der Waals surface area contributed by atoms with Crippen molar-refractivity contribution in [2.75, 3.05) is 0 Å². The maximum absolute atomic E-state index is 4.16. The van der Waals surface area contributed by atoms with E-state index in [-0.39, 0.29) is 0 Å². The topological polar surface area (TPSA) is 0 Å². The third-order valence-electron chi connectivity index (χ3n) is 7.88. The summed E-state index contributed by atoms with van der Waals surface area (Å²) in [6, 6.07) is 0. The first-order chi connectivity index (χ1) is 11.6. The smallest absolute Gasteiger partial charge is 0.0108 e. The van der Waals surface area contributed by atoms with Gasteiger partial charge in [0.1, 0.15) is 0 Å². The molecule has 0 spiro atoms. The standard InChI is InChI=1S/C22H32.C2H6/c1-4-17-9-11-21-20-7-5-6-16-14-15(2)8-10-18(16)19(20)12-13-22(17,21)3;1-2/h4,8,17,19-21H,1,5-7,9-14H2,2-3H3;1-2H3/t17-,19?,20?,21?,22?;/m0./s1. The first-order valence-corrected chi connectivity index (χ1v) is 10.6. The molecule has 0 N–H and O–H groups in total. The molecule has 4 aliphatic carbocycles. The summed E-state index contributed by atoms with van der Waals surface area (Å²) < 4.78 is 0. The van der Waals surface area contributed by atoms with Crippen molar-refractivity contribution in [1.29, 1.82) is 0 Å². The number of allylic oxidation sites excluding steroid dienone is 5. The van der Waals surface area contributed by atoms with Crippen LogP contribution in [-0.2, 0) is 0 Å². The molecule has 0 heterocycles. The monoisotopic (exact) mass is 326 g/mol. The van der Waals surface area contributed by atoms with Crippen molar-refractivity contribution in [3.63, 3.8) is 0 Å². The maximum Gasteiger partial charge on any atom is -0.0108 e. The van der Waals surface area contributed by atoms with E-state index >= 15 is 0 Å². The minimum Gasteiger partial charge on any atom is -0.103 e. The van der Waals surface area contributed by atoms with Gasteiger partial charge in [0.25, 0.3) is 0 Å². The zero-order valence-electron chi connectivity index (χ0n) is 16.5. The van der Waals surface area contributed by atoms with Crippen LogP contribution < -0.4 is 0 Å². The molecule has 0 amide bonds. The molecule has 0 saturated heterocycles. The van der Waals surface area contributed by atoms with E-state index in [2.05, 4.69) is 32.6 Å². The van der Waals surface area contributed by atoms with E-state index in [9.17, 15) is 0 Å². The lowest BCUT2D eigenvalue weighted by Crippen LogP contribution is -2.41. The molecule has 0 aromatic carbocycles. The summed E-state index contributed by atoms with van der Waals surface area (Å²) in [6.07, 6.45) is 17.5. The van der Waals surface area contributed by atoms with E-state index in [1.165, 1.54) is 57.8 Å². The van der Waals surface area contributed by atoms with Gasteiger partial charge in [-0.2, -0.15) is 0 Å². The van der Waals surface area contributed by atoms with Gasteiger partial charge in [0.15, 0.2) is 0 Å². The van der Waals surface area contributed by atoms with Crippen LogP contribution >= 0.6 is 0 Å². The van der Waals surface area contributed by atoms with Gasteiger partial charge in [-0.1, -0.05) is 49.6 Å². The molecule has 4 rings (SSSR count). The summed E-state index contributed by atoms with van der Waals surface area (Å²) in [5, 5.41) is 0. The third kappa shape index (κ3) is 2.85. The Hall–Kier alpha value is -0.780. The summed E-state index contributed by atoms with van der Waals surface area (Å²) in [5.41, 5.74) is 5.91. The van der Waals surface area contributed by atoms with Crippen LogP contribution in [0.2, 0.25) is 0 Å². The average molecular weight is 327 g/mol. The van der Waals surface area contributed by atoms with E-state index in [4.69, 9.17) is 0 Å². The lowest BCUT2D eigenvalue weighted by atomic mass is 9.56. The molecule has 0 heteroatoms. The Morgan fingerprint density at radius 2 is 1.96 bits per heavy atom. The second-order valence-electron chi connectivity index (χ2n) is 8.79. The highest BCUT2D eigenvalue weighted by atomic mass is 14.6. The normalized spacial score (nSPS) is 41.1. The fourth-order valence-electron chi connectivity index (χ4n) is 6.72. The predicted octanol–water partition coefficient (Wildman–Crippen LogP) is 7.48. The van der Waals surface area contributed by atoms with Crippen LogP contribution in [0, 0.1) is 29.1 Å². The molecular formula is C24H38. The largest absolute Gasteiger partial charge is 0.103 e. The lowest BCUT2D eigenvalue weighted by Gasteiger charge is -2.49. The SMILES string of the molecule is C=C[C@H]1CCC2C3CCCC4=C(CC=C(C)C4)C3CCC21C.CC. The van der Waals surface area contributed by atoms with E-state index in [1.807, 2.05) is 25.0 Å². The third-order valence-corrected chi connectivity index (χ3v) is 7.88. The van der Waals surface area contributed by atoms with Gasteiger partial charge >= 0.3 is 0 Å². The van der Waals surface area contributed by atoms with E-state index in [1.54, 1.807) is 5.57 Å². The lowest BCUT2D eigenvalue weighted by molar-refractivity contribution is 0.0317. The number of fused-ring (bicyclic) bond motifs is 4. The highest BCUT2D eigenvalue weighted by Crippen LogP contribution is 2.62. The minimum absolute atomic E-state index is 0.564. The van der Waals surface area contributed by atoms with Gasteiger partial charge < -0.3 is 0 Å². The van der Waals surface area contributed by atoms with Crippen LogP contribution in [0.15, 0.2) is 35.5 Å². The number of hydrogen-bond donors (Lipinski definition) is 0. The average Bonchev–Trinajstić information content (AvgIpc) is 2.83. The molecule has 0 radical (unpaired) electrons. The highest BCUT2D eigenvalue weighted by molar-refractivity contribution is 5.32. The van der Waals surface area contributed by atoms with Gasteiger partial charge in [0, 0.05) is 0 Å². The summed E-state index contributed by atoms with van der Waals surface area (Å²) in [7, 11) is 0. The fourth-order valence-corrected chi connectivity index (χ4v) is 6.72. The molecule has 0 nitrogen and oxygen atoms in total. The van der Waals surface area contributed by atoms with Crippen LogP contribution in [0.4, 0.5) is 0 Å². The van der Waals surface area contributed by atoms with Crippen LogP contribution in [0.25, 0.3) is 0 Å². The molecule has 0 aliphatic heterocycles. The van der Waals surface area contributed by atoms with Gasteiger partial charge in [0.05, 0.1) is 0 Å². The van der Waals surface area contributed by atoms with Gasteiger partial charge in [-0.3, -0.25) is 0 Å². The Morgan fingerprint density at radius 1 is 1.17 bits per heavy atom. The molecule has 2 saturated carbocycles. The molecule has 0 aromatic heterocycles. The molecule has 0 bridgehead atoms. The minimum atomic E-state index is 0.564. The second kappa shape index (κ2) is 7.22. The molecule has 134 valence electrons. The molecule has 24 heavy (non-hydrogen) atoms. The fraction of sp³-hybridized carbons (Fsp3) is 0.750.